The Morgan fingerprint density at radius 3 is 1.19 bits per heavy atom. The number of hydrogen-bond acceptors (Lipinski definition) is 3. The van der Waals surface area contributed by atoms with Crippen molar-refractivity contribution in [2.75, 3.05) is 27.7 Å². The van der Waals surface area contributed by atoms with E-state index in [-0.39, 0.29) is 11.8 Å². The van der Waals surface area contributed by atoms with Crippen LogP contribution in [0.4, 0.5) is 0 Å². The SMILES string of the molecule is CCCCCCCCCCCCCC(=O)OC(C[N+](C)(C)C)C(=O)CCCCCCCCCCCCC. The maximum absolute atomic E-state index is 12.9. The molecule has 4 nitrogen and oxygen atoms in total. The molecule has 0 bridgehead atoms. The molecular weight excluding hydrogens is 458 g/mol. The van der Waals surface area contributed by atoms with Gasteiger partial charge in [-0.3, -0.25) is 9.59 Å². The fraction of sp³-hybridized carbons (Fsp3) is 0.939. The molecule has 4 heteroatoms. The van der Waals surface area contributed by atoms with Gasteiger partial charge in [-0.1, -0.05) is 142 Å². The maximum Gasteiger partial charge on any atom is 0.306 e. The first-order valence-corrected chi connectivity index (χ1v) is 16.3. The number of quaternary nitrogens is 1. The summed E-state index contributed by atoms with van der Waals surface area (Å²) >= 11 is 0. The molecule has 0 saturated heterocycles. The first-order chi connectivity index (χ1) is 17.8. The molecule has 0 aliphatic rings. The van der Waals surface area contributed by atoms with Crippen LogP contribution in [0.25, 0.3) is 0 Å². The van der Waals surface area contributed by atoms with Crippen molar-refractivity contribution in [2.24, 2.45) is 0 Å². The van der Waals surface area contributed by atoms with Crippen molar-refractivity contribution in [3.8, 4) is 0 Å². The zero-order valence-corrected chi connectivity index (χ0v) is 25.9. The zero-order valence-electron chi connectivity index (χ0n) is 25.9. The summed E-state index contributed by atoms with van der Waals surface area (Å²) in [4.78, 5) is 25.4. The Kier molecular flexibility index (Phi) is 24.8. The molecule has 1 unspecified atom stereocenters. The van der Waals surface area contributed by atoms with Crippen LogP contribution in [0, 0.1) is 0 Å². The van der Waals surface area contributed by atoms with Gasteiger partial charge in [-0.25, -0.2) is 0 Å². The van der Waals surface area contributed by atoms with E-state index in [9.17, 15) is 9.59 Å². The minimum atomic E-state index is -0.594. The second kappa shape index (κ2) is 25.4. The van der Waals surface area contributed by atoms with Crippen LogP contribution in [0.5, 0.6) is 0 Å². The fourth-order valence-corrected chi connectivity index (χ4v) is 4.98. The van der Waals surface area contributed by atoms with Crippen LogP contribution in [0.2, 0.25) is 0 Å². The average molecular weight is 525 g/mol. The summed E-state index contributed by atoms with van der Waals surface area (Å²) in [6.45, 7) is 5.08. The molecule has 0 aromatic carbocycles. The van der Waals surface area contributed by atoms with Gasteiger partial charge in [0.25, 0.3) is 0 Å². The third-order valence-electron chi connectivity index (χ3n) is 7.36. The number of nitrogens with zero attached hydrogens (tertiary/aromatic N) is 1. The van der Waals surface area contributed by atoms with Gasteiger partial charge >= 0.3 is 5.97 Å². The Bertz CT molecular complexity index is 526. The van der Waals surface area contributed by atoms with E-state index in [0.717, 1.165) is 25.7 Å². The quantitative estimate of drug-likeness (QED) is 0.0581. The molecule has 0 aliphatic carbocycles. The summed E-state index contributed by atoms with van der Waals surface area (Å²) in [5.41, 5.74) is 0. The van der Waals surface area contributed by atoms with Crippen molar-refractivity contribution >= 4 is 11.8 Å². The molecule has 0 radical (unpaired) electrons. The molecule has 37 heavy (non-hydrogen) atoms. The molecule has 0 spiro atoms. The van der Waals surface area contributed by atoms with Gasteiger partial charge in [0, 0.05) is 12.8 Å². The fourth-order valence-electron chi connectivity index (χ4n) is 4.98. The number of unbranched alkanes of at least 4 members (excludes halogenated alkanes) is 20. The van der Waals surface area contributed by atoms with Gasteiger partial charge in [-0.15, -0.1) is 0 Å². The highest BCUT2D eigenvalue weighted by atomic mass is 16.5. The summed E-state index contributed by atoms with van der Waals surface area (Å²) in [6, 6.07) is 0. The van der Waals surface area contributed by atoms with Gasteiger partial charge < -0.3 is 9.22 Å². The molecule has 0 heterocycles. The van der Waals surface area contributed by atoms with Crippen LogP contribution < -0.4 is 0 Å². The van der Waals surface area contributed by atoms with Gasteiger partial charge in [0.15, 0.2) is 5.78 Å². The second-order valence-corrected chi connectivity index (χ2v) is 12.5. The lowest BCUT2D eigenvalue weighted by Gasteiger charge is -2.28. The minimum Gasteiger partial charge on any atom is -0.448 e. The van der Waals surface area contributed by atoms with Crippen molar-refractivity contribution < 1.29 is 18.8 Å². The maximum atomic E-state index is 12.9. The molecule has 0 aromatic heterocycles. The van der Waals surface area contributed by atoms with Crippen molar-refractivity contribution in [3.63, 3.8) is 0 Å². The molecule has 0 N–H and O–H groups in total. The highest BCUT2D eigenvalue weighted by Crippen LogP contribution is 2.15. The zero-order chi connectivity index (χ0) is 27.6. The number of rotatable bonds is 28. The van der Waals surface area contributed by atoms with Crippen LogP contribution in [0.15, 0.2) is 0 Å². The third-order valence-corrected chi connectivity index (χ3v) is 7.36. The lowest BCUT2D eigenvalue weighted by Crippen LogP contribution is -2.46. The van der Waals surface area contributed by atoms with E-state index in [0.29, 0.717) is 23.9 Å². The Morgan fingerprint density at radius 1 is 0.514 bits per heavy atom. The van der Waals surface area contributed by atoms with E-state index in [2.05, 4.69) is 35.0 Å². The molecular formula is C33H66NO3+. The highest BCUT2D eigenvalue weighted by molar-refractivity contribution is 5.85. The Balaban J connectivity index is 3.99. The van der Waals surface area contributed by atoms with Crippen molar-refractivity contribution in [2.45, 2.75) is 174 Å². The Morgan fingerprint density at radius 2 is 0.838 bits per heavy atom. The largest absolute Gasteiger partial charge is 0.448 e. The normalized spacial score (nSPS) is 12.6. The molecule has 220 valence electrons. The van der Waals surface area contributed by atoms with Crippen molar-refractivity contribution in [1.82, 2.24) is 0 Å². The van der Waals surface area contributed by atoms with E-state index in [1.165, 1.54) is 116 Å². The number of ketones is 1. The highest BCUT2D eigenvalue weighted by Gasteiger charge is 2.28. The van der Waals surface area contributed by atoms with Gasteiger partial charge in [-0.05, 0) is 12.8 Å². The van der Waals surface area contributed by atoms with E-state index in [1.54, 1.807) is 0 Å². The van der Waals surface area contributed by atoms with Gasteiger partial charge in [0.05, 0.1) is 21.1 Å². The van der Waals surface area contributed by atoms with Gasteiger partial charge in [-0.2, -0.15) is 0 Å². The van der Waals surface area contributed by atoms with Crippen LogP contribution in [-0.4, -0.2) is 50.0 Å². The predicted octanol–water partition coefficient (Wildman–Crippen LogP) is 9.58. The van der Waals surface area contributed by atoms with Crippen LogP contribution >= 0.6 is 0 Å². The number of ether oxygens (including phenoxy) is 1. The molecule has 0 aliphatic heterocycles. The summed E-state index contributed by atoms with van der Waals surface area (Å²) in [5, 5.41) is 0. The third kappa shape index (κ3) is 26.5. The molecule has 1 atom stereocenters. The number of esters is 1. The molecule has 0 aromatic rings. The standard InChI is InChI=1S/C33H66NO3/c1-6-8-10-12-14-16-18-20-22-24-26-28-31(35)32(30-34(3,4)5)37-33(36)29-27-25-23-21-19-17-15-13-11-9-7-2/h32H,6-30H2,1-5H3/q+1. The summed E-state index contributed by atoms with van der Waals surface area (Å²) in [7, 11) is 6.17. The number of carbonyl (C=O) groups is 2. The van der Waals surface area contributed by atoms with E-state index in [4.69, 9.17) is 4.74 Å². The summed E-state index contributed by atoms with van der Waals surface area (Å²) < 4.78 is 6.35. The van der Waals surface area contributed by atoms with E-state index >= 15 is 0 Å². The number of Topliss-reactive ketones (excluding diaryl/α,β-unsaturated/α-hetero) is 1. The lowest BCUT2D eigenvalue weighted by molar-refractivity contribution is -0.872. The van der Waals surface area contributed by atoms with Crippen molar-refractivity contribution in [1.29, 1.82) is 0 Å². The average Bonchev–Trinajstić information content (AvgIpc) is 2.84. The van der Waals surface area contributed by atoms with Crippen LogP contribution in [-0.2, 0) is 14.3 Å². The summed E-state index contributed by atoms with van der Waals surface area (Å²) in [5.74, 6) is -0.0853. The molecule has 0 fully saturated rings. The van der Waals surface area contributed by atoms with Crippen molar-refractivity contribution in [3.05, 3.63) is 0 Å². The van der Waals surface area contributed by atoms with E-state index in [1.807, 2.05) is 0 Å². The lowest BCUT2D eigenvalue weighted by atomic mass is 10.0. The van der Waals surface area contributed by atoms with Gasteiger partial charge in [0.1, 0.15) is 6.54 Å². The molecule has 0 amide bonds. The smallest absolute Gasteiger partial charge is 0.306 e. The number of carbonyl (C=O) groups excluding carboxylic acids is 2. The monoisotopic (exact) mass is 525 g/mol. The number of hydrogen-bond donors (Lipinski definition) is 0. The Hall–Kier alpha value is -0.900. The predicted molar refractivity (Wildman–Crippen MR) is 160 cm³/mol. The first-order valence-electron chi connectivity index (χ1n) is 16.3. The van der Waals surface area contributed by atoms with Crippen LogP contribution in [0.1, 0.15) is 168 Å². The number of likely N-dealkylation sites (N-methyl/N-ethyl adjacent to an activating group) is 1. The van der Waals surface area contributed by atoms with E-state index < -0.39 is 6.10 Å². The topological polar surface area (TPSA) is 43.4 Å². The summed E-state index contributed by atoms with van der Waals surface area (Å²) in [6.07, 6.45) is 28.3. The Labute approximate surface area is 232 Å². The molecule has 0 saturated carbocycles. The van der Waals surface area contributed by atoms with Gasteiger partial charge in [0.2, 0.25) is 6.10 Å². The molecule has 0 rings (SSSR count). The minimum absolute atomic E-state index is 0.108. The first kappa shape index (κ1) is 36.1. The van der Waals surface area contributed by atoms with Crippen LogP contribution in [0.3, 0.4) is 0 Å². The second-order valence-electron chi connectivity index (χ2n) is 12.5.